The molecule has 6 nitrogen and oxygen atoms in total. The lowest BCUT2D eigenvalue weighted by Crippen LogP contribution is -2.05. The van der Waals surface area contributed by atoms with Gasteiger partial charge in [-0.2, -0.15) is 0 Å². The Balaban J connectivity index is 1.66. The molecule has 0 aliphatic carbocycles. The largest absolute Gasteiger partial charge is 0.459 e. The molecule has 2 heterocycles. The molecule has 0 fully saturated rings. The zero-order chi connectivity index (χ0) is 15.5. The Morgan fingerprint density at radius 2 is 1.95 bits per heavy atom. The van der Waals surface area contributed by atoms with Crippen molar-refractivity contribution >= 4 is 29.2 Å². The number of benzene rings is 1. The number of carbonyl (C=O) groups excluding carboxylic acids is 1. The summed E-state index contributed by atoms with van der Waals surface area (Å²) in [5, 5.41) is 8.25. The molecular formula is C14H8Cl2N2O4. The van der Waals surface area contributed by atoms with Crippen LogP contribution in [0.1, 0.15) is 16.2 Å². The summed E-state index contributed by atoms with van der Waals surface area (Å²) < 4.78 is 15.5. The van der Waals surface area contributed by atoms with Gasteiger partial charge in [-0.3, -0.25) is 0 Å². The summed E-state index contributed by atoms with van der Waals surface area (Å²) in [5.74, 6) is 0.198. The molecule has 0 amide bonds. The van der Waals surface area contributed by atoms with Gasteiger partial charge in [0.25, 0.3) is 11.8 Å². The van der Waals surface area contributed by atoms with E-state index in [0.717, 1.165) is 0 Å². The lowest BCUT2D eigenvalue weighted by molar-refractivity contribution is 0.0438. The van der Waals surface area contributed by atoms with Crippen molar-refractivity contribution in [2.24, 2.45) is 0 Å². The van der Waals surface area contributed by atoms with Crippen LogP contribution in [0.25, 0.3) is 11.7 Å². The van der Waals surface area contributed by atoms with E-state index in [2.05, 4.69) is 10.2 Å². The Kier molecular flexibility index (Phi) is 4.13. The van der Waals surface area contributed by atoms with E-state index in [1.54, 1.807) is 12.1 Å². The number of carbonyl (C=O) groups is 1. The van der Waals surface area contributed by atoms with E-state index >= 15 is 0 Å². The standard InChI is InChI=1S/C14H8Cl2N2O4/c15-9-4-8(5-10(16)6-9)14(19)21-7-12-17-18-13(22-12)11-2-1-3-20-11/h1-6H,7H2. The minimum absolute atomic E-state index is 0.146. The maximum absolute atomic E-state index is 11.9. The fraction of sp³-hybridized carbons (Fsp3) is 0.0714. The van der Waals surface area contributed by atoms with Gasteiger partial charge in [0.2, 0.25) is 0 Å². The summed E-state index contributed by atoms with van der Waals surface area (Å²) in [4.78, 5) is 11.9. The van der Waals surface area contributed by atoms with E-state index in [4.69, 9.17) is 36.8 Å². The van der Waals surface area contributed by atoms with Crippen LogP contribution in [0.2, 0.25) is 10.0 Å². The van der Waals surface area contributed by atoms with Crippen molar-refractivity contribution in [2.75, 3.05) is 0 Å². The Labute approximate surface area is 134 Å². The Morgan fingerprint density at radius 3 is 2.64 bits per heavy atom. The molecule has 0 aliphatic heterocycles. The number of nitrogens with zero attached hydrogens (tertiary/aromatic N) is 2. The third kappa shape index (κ3) is 3.29. The Morgan fingerprint density at radius 1 is 1.18 bits per heavy atom. The van der Waals surface area contributed by atoms with Gasteiger partial charge in [-0.1, -0.05) is 23.2 Å². The zero-order valence-electron chi connectivity index (χ0n) is 11.0. The lowest BCUT2D eigenvalue weighted by atomic mass is 10.2. The maximum atomic E-state index is 11.9. The third-order valence-corrected chi connectivity index (χ3v) is 3.06. The number of hydrogen-bond donors (Lipinski definition) is 0. The number of furan rings is 1. The van der Waals surface area contributed by atoms with Crippen LogP contribution in [0, 0.1) is 0 Å². The first-order valence-corrected chi connectivity index (χ1v) is 6.87. The molecule has 3 rings (SSSR count). The summed E-state index contributed by atoms with van der Waals surface area (Å²) in [6, 6.07) is 7.81. The van der Waals surface area contributed by atoms with E-state index in [0.29, 0.717) is 15.8 Å². The minimum Gasteiger partial charge on any atom is -0.459 e. The molecule has 0 radical (unpaired) electrons. The van der Waals surface area contributed by atoms with E-state index in [1.165, 1.54) is 24.5 Å². The van der Waals surface area contributed by atoms with Crippen molar-refractivity contribution in [1.82, 2.24) is 10.2 Å². The second-order valence-electron chi connectivity index (χ2n) is 4.21. The molecule has 8 heteroatoms. The average molecular weight is 339 g/mol. The van der Waals surface area contributed by atoms with Crippen molar-refractivity contribution in [1.29, 1.82) is 0 Å². The van der Waals surface area contributed by atoms with Gasteiger partial charge in [-0.25, -0.2) is 4.79 Å². The van der Waals surface area contributed by atoms with Gasteiger partial charge >= 0.3 is 5.97 Å². The van der Waals surface area contributed by atoms with Gasteiger partial charge in [-0.15, -0.1) is 10.2 Å². The number of aromatic nitrogens is 2. The molecule has 3 aromatic rings. The van der Waals surface area contributed by atoms with Crippen molar-refractivity contribution in [3.05, 3.63) is 58.1 Å². The predicted octanol–water partition coefficient (Wildman–Crippen LogP) is 3.99. The van der Waals surface area contributed by atoms with Crippen LogP contribution in [-0.4, -0.2) is 16.2 Å². The third-order valence-electron chi connectivity index (χ3n) is 2.62. The topological polar surface area (TPSA) is 78.4 Å². The quantitative estimate of drug-likeness (QED) is 0.669. The Hall–Kier alpha value is -2.31. The first-order valence-electron chi connectivity index (χ1n) is 6.11. The van der Waals surface area contributed by atoms with Gasteiger partial charge in [0, 0.05) is 10.0 Å². The number of hydrogen-bond acceptors (Lipinski definition) is 6. The highest BCUT2D eigenvalue weighted by Gasteiger charge is 2.14. The molecule has 2 aromatic heterocycles. The number of esters is 1. The van der Waals surface area contributed by atoms with Crippen LogP contribution < -0.4 is 0 Å². The van der Waals surface area contributed by atoms with Crippen LogP contribution in [0.5, 0.6) is 0 Å². The minimum atomic E-state index is -0.595. The first-order chi connectivity index (χ1) is 10.6. The summed E-state index contributed by atoms with van der Waals surface area (Å²) in [7, 11) is 0. The monoisotopic (exact) mass is 338 g/mol. The maximum Gasteiger partial charge on any atom is 0.338 e. The highest BCUT2D eigenvalue weighted by molar-refractivity contribution is 6.35. The van der Waals surface area contributed by atoms with Crippen LogP contribution in [-0.2, 0) is 11.3 Å². The zero-order valence-corrected chi connectivity index (χ0v) is 12.5. The van der Waals surface area contributed by atoms with Crippen LogP contribution in [0.3, 0.4) is 0 Å². The fourth-order valence-electron chi connectivity index (χ4n) is 1.69. The molecular weight excluding hydrogens is 331 g/mol. The molecule has 0 saturated carbocycles. The predicted molar refractivity (Wildman–Crippen MR) is 77.6 cm³/mol. The average Bonchev–Trinajstić information content (AvgIpc) is 3.14. The molecule has 0 saturated heterocycles. The van der Waals surface area contributed by atoms with Crippen LogP contribution in [0.4, 0.5) is 0 Å². The highest BCUT2D eigenvalue weighted by atomic mass is 35.5. The molecule has 0 aliphatic rings. The molecule has 0 unspecified atom stereocenters. The molecule has 0 spiro atoms. The number of ether oxygens (including phenoxy) is 1. The highest BCUT2D eigenvalue weighted by Crippen LogP contribution is 2.21. The van der Waals surface area contributed by atoms with Crippen molar-refractivity contribution < 1.29 is 18.4 Å². The summed E-state index contributed by atoms with van der Waals surface area (Å²) in [6.07, 6.45) is 1.49. The number of halogens is 2. The van der Waals surface area contributed by atoms with Crippen LogP contribution >= 0.6 is 23.2 Å². The number of rotatable bonds is 4. The fourth-order valence-corrected chi connectivity index (χ4v) is 2.22. The Bertz CT molecular complexity index is 779. The van der Waals surface area contributed by atoms with E-state index in [1.807, 2.05) is 0 Å². The summed E-state index contributed by atoms with van der Waals surface area (Å²) in [6.45, 7) is -0.170. The summed E-state index contributed by atoms with van der Waals surface area (Å²) in [5.41, 5.74) is 0.239. The normalized spacial score (nSPS) is 10.6. The van der Waals surface area contributed by atoms with Gasteiger partial charge in [0.15, 0.2) is 12.4 Å². The molecule has 1 aromatic carbocycles. The van der Waals surface area contributed by atoms with Crippen molar-refractivity contribution in [3.63, 3.8) is 0 Å². The van der Waals surface area contributed by atoms with Gasteiger partial charge < -0.3 is 13.6 Å². The second-order valence-corrected chi connectivity index (χ2v) is 5.09. The molecule has 22 heavy (non-hydrogen) atoms. The molecule has 0 atom stereocenters. The van der Waals surface area contributed by atoms with Crippen molar-refractivity contribution in [3.8, 4) is 11.7 Å². The molecule has 0 bridgehead atoms. The van der Waals surface area contributed by atoms with E-state index in [9.17, 15) is 4.79 Å². The van der Waals surface area contributed by atoms with E-state index in [-0.39, 0.29) is 24.0 Å². The lowest BCUT2D eigenvalue weighted by Gasteiger charge is -2.03. The molecule has 112 valence electrons. The van der Waals surface area contributed by atoms with Gasteiger partial charge in [-0.05, 0) is 30.3 Å². The van der Waals surface area contributed by atoms with Crippen molar-refractivity contribution in [2.45, 2.75) is 6.61 Å². The molecule has 0 N–H and O–H groups in total. The van der Waals surface area contributed by atoms with Gasteiger partial charge in [0.1, 0.15) is 0 Å². The van der Waals surface area contributed by atoms with E-state index < -0.39 is 5.97 Å². The summed E-state index contributed by atoms with van der Waals surface area (Å²) >= 11 is 11.7. The van der Waals surface area contributed by atoms with Crippen LogP contribution in [0.15, 0.2) is 45.4 Å². The smallest absolute Gasteiger partial charge is 0.338 e. The first kappa shape index (κ1) is 14.6. The van der Waals surface area contributed by atoms with Gasteiger partial charge in [0.05, 0.1) is 11.8 Å². The second kappa shape index (κ2) is 6.21. The SMILES string of the molecule is O=C(OCc1nnc(-c2ccco2)o1)c1cc(Cl)cc(Cl)c1.